The zero-order valence-corrected chi connectivity index (χ0v) is 17.4. The molecule has 32 heavy (non-hydrogen) atoms. The lowest BCUT2D eigenvalue weighted by molar-refractivity contribution is -0.116. The Bertz CT molecular complexity index is 1230. The van der Waals surface area contributed by atoms with Crippen LogP contribution in [0.15, 0.2) is 96.2 Å². The van der Waals surface area contributed by atoms with Crippen molar-refractivity contribution in [2.75, 3.05) is 4.90 Å². The second-order valence-electron chi connectivity index (χ2n) is 7.88. The van der Waals surface area contributed by atoms with E-state index in [1.54, 1.807) is 47.9 Å². The fraction of sp³-hybridized carbons (Fsp3) is 0.154. The van der Waals surface area contributed by atoms with E-state index in [9.17, 15) is 15.3 Å². The fourth-order valence-electron chi connectivity index (χ4n) is 4.59. The molecule has 2 N–H and O–H groups in total. The van der Waals surface area contributed by atoms with Crippen molar-refractivity contribution in [3.63, 3.8) is 0 Å². The summed E-state index contributed by atoms with van der Waals surface area (Å²) in [4.78, 5) is 23.6. The summed E-state index contributed by atoms with van der Waals surface area (Å²) in [7, 11) is 0. The molecule has 6 nitrogen and oxygen atoms in total. The molecule has 2 aliphatic rings. The number of aliphatic hydroxyl groups is 1. The smallest absolute Gasteiger partial charge is 0.161 e. The second-order valence-corrected chi connectivity index (χ2v) is 7.88. The zero-order chi connectivity index (χ0) is 22.1. The summed E-state index contributed by atoms with van der Waals surface area (Å²) in [5.41, 5.74) is 3.90. The Hall–Kier alpha value is -4.06. The van der Waals surface area contributed by atoms with Gasteiger partial charge in [0.25, 0.3) is 0 Å². The molecule has 0 saturated heterocycles. The van der Waals surface area contributed by atoms with E-state index in [0.29, 0.717) is 35.2 Å². The van der Waals surface area contributed by atoms with Gasteiger partial charge in [0.15, 0.2) is 5.78 Å². The van der Waals surface area contributed by atoms with Gasteiger partial charge in [-0.05, 0) is 36.6 Å². The molecule has 5 rings (SSSR count). The Morgan fingerprint density at radius 3 is 2.41 bits per heavy atom. The van der Waals surface area contributed by atoms with Gasteiger partial charge in [-0.25, -0.2) is 0 Å². The molecule has 1 atom stereocenters. The second kappa shape index (κ2) is 8.23. The lowest BCUT2D eigenvalue weighted by Gasteiger charge is -2.41. The zero-order valence-electron chi connectivity index (χ0n) is 17.4. The highest BCUT2D eigenvalue weighted by Gasteiger charge is 2.43. The molecule has 0 bridgehead atoms. The highest BCUT2D eigenvalue weighted by Crippen LogP contribution is 2.47. The summed E-state index contributed by atoms with van der Waals surface area (Å²) < 4.78 is 0. The van der Waals surface area contributed by atoms with Crippen molar-refractivity contribution in [3.8, 4) is 0 Å². The van der Waals surface area contributed by atoms with Crippen LogP contribution in [0.2, 0.25) is 0 Å². The molecule has 0 radical (unpaired) electrons. The van der Waals surface area contributed by atoms with Crippen molar-refractivity contribution in [1.82, 2.24) is 9.97 Å². The Balaban J connectivity index is 1.83. The van der Waals surface area contributed by atoms with Crippen LogP contribution in [-0.2, 0) is 4.79 Å². The van der Waals surface area contributed by atoms with Crippen LogP contribution in [0.25, 0.3) is 5.76 Å². The summed E-state index contributed by atoms with van der Waals surface area (Å²) in [6, 6.07) is 16.5. The normalized spacial score (nSPS) is 20.2. The molecular weight excluding hydrogens is 400 g/mol. The molecule has 1 aliphatic carbocycles. The Morgan fingerprint density at radius 2 is 1.72 bits per heavy atom. The first kappa shape index (κ1) is 19.9. The van der Waals surface area contributed by atoms with E-state index in [1.807, 2.05) is 36.4 Å². The minimum Gasteiger partial charge on any atom is -0.507 e. The maximum atomic E-state index is 13.3. The number of hydrogen-bond donors (Lipinski definition) is 2. The first-order valence-corrected chi connectivity index (χ1v) is 10.6. The third-order valence-electron chi connectivity index (χ3n) is 5.98. The lowest BCUT2D eigenvalue weighted by atomic mass is 9.74. The minimum absolute atomic E-state index is 0.0109. The number of nitrogens with zero attached hydrogens (tertiary/aromatic N) is 3. The quantitative estimate of drug-likeness (QED) is 0.578. The number of anilines is 1. The van der Waals surface area contributed by atoms with E-state index in [2.05, 4.69) is 9.97 Å². The number of aromatic nitrogens is 2. The summed E-state index contributed by atoms with van der Waals surface area (Å²) >= 11 is 0. The standard InChI is InChI=1S/C26H22N4O2/c27-26-24(25(32)17-7-2-1-3-8-17)22(18-9-5-13-28-15-18)23-20(11-4-12-21(23)31)30(26)19-10-6-14-29-16-19/h1-3,5-10,13-16,22,27,32H,4,11-12H2. The van der Waals surface area contributed by atoms with Gasteiger partial charge in [0.1, 0.15) is 11.6 Å². The summed E-state index contributed by atoms with van der Waals surface area (Å²) in [5.74, 6) is -0.392. The van der Waals surface area contributed by atoms with Crippen molar-refractivity contribution in [2.24, 2.45) is 0 Å². The molecule has 3 aromatic rings. The Morgan fingerprint density at radius 1 is 0.969 bits per heavy atom. The van der Waals surface area contributed by atoms with Crippen molar-refractivity contribution in [2.45, 2.75) is 25.2 Å². The lowest BCUT2D eigenvalue weighted by Crippen LogP contribution is -2.42. The van der Waals surface area contributed by atoms with Gasteiger partial charge in [-0.15, -0.1) is 0 Å². The highest BCUT2D eigenvalue weighted by molar-refractivity contribution is 6.19. The van der Waals surface area contributed by atoms with E-state index in [0.717, 1.165) is 17.7 Å². The van der Waals surface area contributed by atoms with Crippen LogP contribution in [0.4, 0.5) is 5.69 Å². The number of Topliss-reactive ketones (excluding diaryl/α,β-unsaturated/α-hetero) is 1. The third-order valence-corrected chi connectivity index (χ3v) is 5.98. The number of hydrogen-bond acceptors (Lipinski definition) is 5. The van der Waals surface area contributed by atoms with Gasteiger partial charge in [0, 0.05) is 53.3 Å². The van der Waals surface area contributed by atoms with Crippen LogP contribution in [0, 0.1) is 5.41 Å². The molecular formula is C26H22N4O2. The molecule has 6 heteroatoms. The molecule has 1 aliphatic heterocycles. The van der Waals surface area contributed by atoms with Crippen molar-refractivity contribution >= 4 is 23.1 Å². The number of carbonyl (C=O) groups excluding carboxylic acids is 1. The van der Waals surface area contributed by atoms with Gasteiger partial charge in [-0.1, -0.05) is 36.4 Å². The highest BCUT2D eigenvalue weighted by atomic mass is 16.3. The van der Waals surface area contributed by atoms with Gasteiger partial charge >= 0.3 is 0 Å². The maximum absolute atomic E-state index is 13.3. The van der Waals surface area contributed by atoms with Gasteiger partial charge in [-0.3, -0.25) is 25.1 Å². The summed E-state index contributed by atoms with van der Waals surface area (Å²) in [5, 5.41) is 20.6. The maximum Gasteiger partial charge on any atom is 0.161 e. The number of aliphatic hydroxyl groups excluding tert-OH is 1. The van der Waals surface area contributed by atoms with Gasteiger partial charge < -0.3 is 5.11 Å². The van der Waals surface area contributed by atoms with Crippen LogP contribution in [0.5, 0.6) is 0 Å². The summed E-state index contributed by atoms with van der Waals surface area (Å²) in [6.07, 6.45) is 8.60. The van der Waals surface area contributed by atoms with E-state index in [-0.39, 0.29) is 17.4 Å². The fourth-order valence-corrected chi connectivity index (χ4v) is 4.59. The van der Waals surface area contributed by atoms with E-state index < -0.39 is 5.92 Å². The Labute approximate surface area is 186 Å². The number of benzene rings is 1. The van der Waals surface area contributed by atoms with Crippen LogP contribution in [0.1, 0.15) is 36.3 Å². The third kappa shape index (κ3) is 3.30. The topological polar surface area (TPSA) is 90.2 Å². The summed E-state index contributed by atoms with van der Waals surface area (Å²) in [6.45, 7) is 0. The largest absolute Gasteiger partial charge is 0.507 e. The van der Waals surface area contributed by atoms with Gasteiger partial charge in [0.05, 0.1) is 11.9 Å². The number of allylic oxidation sites excluding steroid dienone is 2. The molecule has 1 aromatic carbocycles. The number of carbonyl (C=O) groups is 1. The van der Waals surface area contributed by atoms with E-state index >= 15 is 0 Å². The predicted octanol–water partition coefficient (Wildman–Crippen LogP) is 5.03. The molecule has 3 heterocycles. The van der Waals surface area contributed by atoms with Crippen LogP contribution in [0.3, 0.4) is 0 Å². The molecule has 0 spiro atoms. The number of rotatable bonds is 3. The van der Waals surface area contributed by atoms with Gasteiger partial charge in [-0.2, -0.15) is 0 Å². The van der Waals surface area contributed by atoms with E-state index in [4.69, 9.17) is 0 Å². The monoisotopic (exact) mass is 422 g/mol. The number of ketones is 1. The van der Waals surface area contributed by atoms with E-state index in [1.165, 1.54) is 0 Å². The molecule has 2 aromatic heterocycles. The molecule has 158 valence electrons. The number of nitrogens with one attached hydrogen (secondary N) is 1. The number of amidine groups is 1. The minimum atomic E-state index is -0.563. The van der Waals surface area contributed by atoms with Gasteiger partial charge in [0.2, 0.25) is 0 Å². The van der Waals surface area contributed by atoms with Crippen molar-refractivity contribution in [1.29, 1.82) is 5.41 Å². The molecule has 0 saturated carbocycles. The average molecular weight is 422 g/mol. The first-order chi connectivity index (χ1) is 15.7. The average Bonchev–Trinajstić information content (AvgIpc) is 2.85. The first-order valence-electron chi connectivity index (χ1n) is 10.6. The molecule has 0 amide bonds. The van der Waals surface area contributed by atoms with Crippen LogP contribution in [-0.4, -0.2) is 26.7 Å². The Kier molecular flexibility index (Phi) is 5.11. The SMILES string of the molecule is N=C1C(=C(O)c2ccccc2)C(c2cccnc2)C2=C(CCCC2=O)N1c1cccnc1. The molecule has 0 fully saturated rings. The van der Waals surface area contributed by atoms with Crippen LogP contribution >= 0.6 is 0 Å². The predicted molar refractivity (Wildman–Crippen MR) is 123 cm³/mol. The van der Waals surface area contributed by atoms with Crippen molar-refractivity contribution in [3.05, 3.63) is 107 Å². The molecule has 1 unspecified atom stereocenters. The van der Waals surface area contributed by atoms with Crippen molar-refractivity contribution < 1.29 is 9.90 Å². The van der Waals surface area contributed by atoms with Crippen LogP contribution < -0.4 is 4.90 Å². The number of pyridine rings is 2.